The van der Waals surface area contributed by atoms with Crippen LogP contribution in [0.2, 0.25) is 0 Å². The molecule has 0 radical (unpaired) electrons. The largest absolute Gasteiger partial charge is 0.0999 e. The van der Waals surface area contributed by atoms with Crippen molar-refractivity contribution >= 4 is 0 Å². The second-order valence-corrected chi connectivity index (χ2v) is 3.91. The normalized spacial score (nSPS) is 12.9. The predicted octanol–water partition coefficient (Wildman–Crippen LogP) is 4.56. The zero-order valence-corrected chi connectivity index (χ0v) is 9.03. The molecule has 0 saturated heterocycles. The van der Waals surface area contributed by atoms with Crippen molar-refractivity contribution in [2.45, 2.75) is 59.3 Å². The van der Waals surface area contributed by atoms with Gasteiger partial charge in [0, 0.05) is 0 Å². The van der Waals surface area contributed by atoms with E-state index in [0.717, 1.165) is 5.92 Å². The molecule has 0 aromatic heterocycles. The number of hydrogen-bond donors (Lipinski definition) is 0. The summed E-state index contributed by atoms with van der Waals surface area (Å²) in [4.78, 5) is 0. The fraction of sp³-hybridized carbons (Fsp3) is 0.833. The van der Waals surface area contributed by atoms with E-state index >= 15 is 0 Å². The van der Waals surface area contributed by atoms with Crippen LogP contribution in [-0.4, -0.2) is 0 Å². The third kappa shape index (κ3) is 6.45. The van der Waals surface area contributed by atoms with Gasteiger partial charge < -0.3 is 0 Å². The lowest BCUT2D eigenvalue weighted by molar-refractivity contribution is 0.510. The Kier molecular flexibility index (Phi) is 7.23. The summed E-state index contributed by atoms with van der Waals surface area (Å²) in [6, 6.07) is 0. The lowest BCUT2D eigenvalue weighted by Gasteiger charge is -2.09. The summed E-state index contributed by atoms with van der Waals surface area (Å²) in [5.74, 6) is 0.878. The Morgan fingerprint density at radius 2 is 1.92 bits per heavy atom. The highest BCUT2D eigenvalue weighted by Gasteiger charge is 2.00. The van der Waals surface area contributed by atoms with Crippen molar-refractivity contribution in [1.82, 2.24) is 0 Å². The number of unbranched alkanes of at least 4 members (excludes halogenated alkanes) is 1. The van der Waals surface area contributed by atoms with E-state index in [-0.39, 0.29) is 0 Å². The minimum absolute atomic E-state index is 0.878. The summed E-state index contributed by atoms with van der Waals surface area (Å²) in [5.41, 5.74) is 1.46. The zero-order valence-electron chi connectivity index (χ0n) is 9.03. The van der Waals surface area contributed by atoms with Crippen molar-refractivity contribution in [3.63, 3.8) is 0 Å². The maximum Gasteiger partial charge on any atom is -0.0320 e. The van der Waals surface area contributed by atoms with Gasteiger partial charge in [-0.15, -0.1) is 0 Å². The topological polar surface area (TPSA) is 0 Å². The average Bonchev–Trinajstić information content (AvgIpc) is 2.10. The van der Waals surface area contributed by atoms with Gasteiger partial charge in [-0.1, -0.05) is 45.8 Å². The van der Waals surface area contributed by atoms with E-state index in [0.29, 0.717) is 0 Å². The fourth-order valence-electron chi connectivity index (χ4n) is 1.21. The molecule has 0 aliphatic rings. The summed E-state index contributed by atoms with van der Waals surface area (Å²) < 4.78 is 0. The maximum absolute atomic E-state index is 4.10. The molecule has 0 fully saturated rings. The Labute approximate surface area is 78.1 Å². The lowest BCUT2D eigenvalue weighted by atomic mass is 9.97. The van der Waals surface area contributed by atoms with E-state index in [9.17, 15) is 0 Å². The van der Waals surface area contributed by atoms with E-state index < -0.39 is 0 Å². The molecule has 0 rings (SSSR count). The van der Waals surface area contributed by atoms with Crippen LogP contribution in [0.4, 0.5) is 0 Å². The number of hydrogen-bond acceptors (Lipinski definition) is 0. The van der Waals surface area contributed by atoms with Crippen LogP contribution in [-0.2, 0) is 0 Å². The molecule has 1 atom stereocenters. The second-order valence-electron chi connectivity index (χ2n) is 3.91. The molecule has 72 valence electrons. The molecular formula is C12H24. The van der Waals surface area contributed by atoms with Crippen molar-refractivity contribution in [1.29, 1.82) is 0 Å². The van der Waals surface area contributed by atoms with E-state index in [1.54, 1.807) is 0 Å². The summed E-state index contributed by atoms with van der Waals surface area (Å²) >= 11 is 0. The summed E-state index contributed by atoms with van der Waals surface area (Å²) in [5, 5.41) is 0. The molecule has 1 unspecified atom stereocenters. The molecule has 0 heterocycles. The smallest absolute Gasteiger partial charge is 0.0320 e. The van der Waals surface area contributed by atoms with Crippen LogP contribution in [0.3, 0.4) is 0 Å². The van der Waals surface area contributed by atoms with Gasteiger partial charge in [-0.2, -0.15) is 0 Å². The zero-order chi connectivity index (χ0) is 9.40. The van der Waals surface area contributed by atoms with Crippen molar-refractivity contribution in [3.05, 3.63) is 12.2 Å². The van der Waals surface area contributed by atoms with Gasteiger partial charge in [-0.3, -0.25) is 0 Å². The van der Waals surface area contributed by atoms with E-state index in [1.165, 1.54) is 44.1 Å². The molecule has 0 spiro atoms. The number of rotatable bonds is 7. The highest BCUT2D eigenvalue weighted by Crippen LogP contribution is 2.17. The van der Waals surface area contributed by atoms with Crippen LogP contribution < -0.4 is 0 Å². The molecule has 0 amide bonds. The van der Waals surface area contributed by atoms with Gasteiger partial charge in [-0.25, -0.2) is 0 Å². The minimum atomic E-state index is 0.878. The monoisotopic (exact) mass is 168 g/mol. The van der Waals surface area contributed by atoms with Crippen LogP contribution in [0.25, 0.3) is 0 Å². The fourth-order valence-corrected chi connectivity index (χ4v) is 1.21. The highest BCUT2D eigenvalue weighted by molar-refractivity contribution is 4.93. The molecule has 0 nitrogen and oxygen atoms in total. The van der Waals surface area contributed by atoms with Gasteiger partial charge in [0.25, 0.3) is 0 Å². The lowest BCUT2D eigenvalue weighted by Crippen LogP contribution is -1.93. The van der Waals surface area contributed by atoms with Gasteiger partial charge in [0.05, 0.1) is 0 Å². The molecule has 0 heteroatoms. The van der Waals surface area contributed by atoms with Gasteiger partial charge >= 0.3 is 0 Å². The highest BCUT2D eigenvalue weighted by atomic mass is 14.1. The van der Waals surface area contributed by atoms with E-state index in [1.807, 2.05) is 0 Å². The van der Waals surface area contributed by atoms with Crippen LogP contribution in [0.5, 0.6) is 0 Å². The van der Waals surface area contributed by atoms with E-state index in [4.69, 9.17) is 0 Å². The molecule has 0 aliphatic heterocycles. The van der Waals surface area contributed by atoms with Crippen molar-refractivity contribution in [3.8, 4) is 0 Å². The Hall–Kier alpha value is -0.260. The summed E-state index contributed by atoms with van der Waals surface area (Å²) in [6.07, 6.45) is 7.74. The standard InChI is InChI=1S/C12H24/c1-5-7-8-12(4)10-9-11(3)6-2/h11H,4-10H2,1-3H3. The molecule has 12 heavy (non-hydrogen) atoms. The van der Waals surface area contributed by atoms with E-state index in [2.05, 4.69) is 27.4 Å². The summed E-state index contributed by atoms with van der Waals surface area (Å²) in [7, 11) is 0. The van der Waals surface area contributed by atoms with Crippen LogP contribution in [0.1, 0.15) is 59.3 Å². The first-order valence-corrected chi connectivity index (χ1v) is 5.37. The molecule has 0 bridgehead atoms. The molecular weight excluding hydrogens is 144 g/mol. The Balaban J connectivity index is 3.31. The first-order chi connectivity index (χ1) is 5.70. The van der Waals surface area contributed by atoms with Crippen molar-refractivity contribution < 1.29 is 0 Å². The van der Waals surface area contributed by atoms with Crippen LogP contribution in [0.15, 0.2) is 12.2 Å². The van der Waals surface area contributed by atoms with Gasteiger partial charge in [0.2, 0.25) is 0 Å². The Morgan fingerprint density at radius 3 is 2.42 bits per heavy atom. The van der Waals surface area contributed by atoms with Gasteiger partial charge in [0.15, 0.2) is 0 Å². The molecule has 0 aromatic rings. The number of allylic oxidation sites excluding steroid dienone is 1. The molecule has 0 aliphatic carbocycles. The molecule has 0 aromatic carbocycles. The minimum Gasteiger partial charge on any atom is -0.0999 e. The quantitative estimate of drug-likeness (QED) is 0.489. The average molecular weight is 168 g/mol. The Morgan fingerprint density at radius 1 is 1.25 bits per heavy atom. The second kappa shape index (κ2) is 7.39. The predicted molar refractivity (Wildman–Crippen MR) is 57.4 cm³/mol. The third-order valence-corrected chi connectivity index (χ3v) is 2.57. The van der Waals surface area contributed by atoms with Crippen LogP contribution >= 0.6 is 0 Å². The van der Waals surface area contributed by atoms with Gasteiger partial charge in [-0.05, 0) is 31.6 Å². The summed E-state index contributed by atoms with van der Waals surface area (Å²) in [6.45, 7) is 10.9. The van der Waals surface area contributed by atoms with Gasteiger partial charge in [0.1, 0.15) is 0 Å². The Bertz CT molecular complexity index is 113. The van der Waals surface area contributed by atoms with Crippen molar-refractivity contribution in [2.24, 2.45) is 5.92 Å². The first kappa shape index (κ1) is 11.7. The first-order valence-electron chi connectivity index (χ1n) is 5.37. The maximum atomic E-state index is 4.10. The SMILES string of the molecule is C=C(CCCC)CCC(C)CC. The molecule has 0 N–H and O–H groups in total. The third-order valence-electron chi connectivity index (χ3n) is 2.57. The molecule has 0 saturated carbocycles. The van der Waals surface area contributed by atoms with Crippen LogP contribution in [0, 0.1) is 5.92 Å². The van der Waals surface area contributed by atoms with Crippen molar-refractivity contribution in [2.75, 3.05) is 0 Å².